The van der Waals surface area contributed by atoms with Gasteiger partial charge >= 0.3 is 0 Å². The first-order chi connectivity index (χ1) is 13.0. The van der Waals surface area contributed by atoms with Crippen molar-refractivity contribution in [2.24, 2.45) is 0 Å². The summed E-state index contributed by atoms with van der Waals surface area (Å²) in [6.07, 6.45) is 0.301. The monoisotopic (exact) mass is 372 g/mol. The van der Waals surface area contributed by atoms with Gasteiger partial charge in [0, 0.05) is 6.42 Å². The molecule has 7 heteroatoms. The lowest BCUT2D eigenvalue weighted by molar-refractivity contribution is -0.121. The number of carbonyl (C=O) groups excluding carboxylic acids is 1. The van der Waals surface area contributed by atoms with E-state index in [0.29, 0.717) is 28.4 Å². The highest BCUT2D eigenvalue weighted by atomic mass is 19.1. The number of nitriles is 1. The molecule has 0 bridgehead atoms. The van der Waals surface area contributed by atoms with Crippen LogP contribution in [-0.4, -0.2) is 27.2 Å². The Balaban J connectivity index is 2.13. The standard InChI is InChI=1S/C20H21FN2O4/c1-25-17-10-14(11-18(26-2)20(17)27-3)16(12-22)23-19(24)9-8-13-6-4-5-7-15(13)21/h4-7,10-11,16H,8-9H2,1-3H3,(H,23,24)/t16-/m0/s1. The van der Waals surface area contributed by atoms with Gasteiger partial charge in [-0.15, -0.1) is 0 Å². The Morgan fingerprint density at radius 2 is 1.78 bits per heavy atom. The van der Waals surface area contributed by atoms with Gasteiger partial charge in [0.1, 0.15) is 11.9 Å². The van der Waals surface area contributed by atoms with Gasteiger partial charge in [-0.25, -0.2) is 4.39 Å². The average Bonchev–Trinajstić information content (AvgIpc) is 2.70. The maximum atomic E-state index is 13.6. The Bertz CT molecular complexity index is 823. The third kappa shape index (κ3) is 4.88. The normalized spacial score (nSPS) is 11.2. The number of aryl methyl sites for hydroxylation is 1. The Kier molecular flexibility index (Phi) is 7.00. The van der Waals surface area contributed by atoms with E-state index in [0.717, 1.165) is 0 Å². The summed E-state index contributed by atoms with van der Waals surface area (Å²) >= 11 is 0. The van der Waals surface area contributed by atoms with Crippen LogP contribution in [0, 0.1) is 17.1 Å². The second-order valence-corrected chi connectivity index (χ2v) is 5.68. The van der Waals surface area contributed by atoms with Crippen LogP contribution in [0.2, 0.25) is 0 Å². The van der Waals surface area contributed by atoms with E-state index in [1.54, 1.807) is 30.3 Å². The van der Waals surface area contributed by atoms with E-state index in [9.17, 15) is 14.4 Å². The highest BCUT2D eigenvalue weighted by molar-refractivity contribution is 5.77. The quantitative estimate of drug-likeness (QED) is 0.770. The summed E-state index contributed by atoms with van der Waals surface area (Å²) in [5.74, 6) is 0.442. The molecule has 0 unspecified atom stereocenters. The van der Waals surface area contributed by atoms with Gasteiger partial charge in [0.15, 0.2) is 11.5 Å². The van der Waals surface area contributed by atoms with Crippen LogP contribution in [0.1, 0.15) is 23.6 Å². The van der Waals surface area contributed by atoms with E-state index in [4.69, 9.17) is 14.2 Å². The number of nitrogens with zero attached hydrogens (tertiary/aromatic N) is 1. The summed E-state index contributed by atoms with van der Waals surface area (Å²) in [6, 6.07) is 10.6. The minimum Gasteiger partial charge on any atom is -0.493 e. The molecule has 0 saturated carbocycles. The molecule has 1 amide bonds. The first-order valence-electron chi connectivity index (χ1n) is 8.26. The number of carbonyl (C=O) groups is 1. The van der Waals surface area contributed by atoms with Gasteiger partial charge in [-0.1, -0.05) is 18.2 Å². The van der Waals surface area contributed by atoms with Crippen molar-refractivity contribution in [3.05, 3.63) is 53.3 Å². The summed E-state index contributed by atoms with van der Waals surface area (Å²) in [4.78, 5) is 12.2. The molecule has 0 aliphatic heterocycles. The van der Waals surface area contributed by atoms with Crippen LogP contribution < -0.4 is 19.5 Å². The Morgan fingerprint density at radius 3 is 2.30 bits per heavy atom. The van der Waals surface area contributed by atoms with Crippen LogP contribution in [0.4, 0.5) is 4.39 Å². The maximum Gasteiger partial charge on any atom is 0.221 e. The molecule has 0 fully saturated rings. The van der Waals surface area contributed by atoms with E-state index < -0.39 is 6.04 Å². The molecule has 1 N–H and O–H groups in total. The Labute approximate surface area is 157 Å². The largest absolute Gasteiger partial charge is 0.493 e. The van der Waals surface area contributed by atoms with Gasteiger partial charge in [0.2, 0.25) is 11.7 Å². The SMILES string of the molecule is COc1cc([C@H](C#N)NC(=O)CCc2ccccc2F)cc(OC)c1OC. The van der Waals surface area contributed by atoms with E-state index >= 15 is 0 Å². The van der Waals surface area contributed by atoms with E-state index in [1.165, 1.54) is 27.4 Å². The summed E-state index contributed by atoms with van der Waals surface area (Å²) in [5.41, 5.74) is 0.945. The topological polar surface area (TPSA) is 80.6 Å². The number of benzene rings is 2. The zero-order chi connectivity index (χ0) is 19.8. The lowest BCUT2D eigenvalue weighted by Crippen LogP contribution is -2.28. The number of methoxy groups -OCH3 is 3. The molecule has 0 saturated heterocycles. The molecule has 0 heterocycles. The van der Waals surface area contributed by atoms with Crippen molar-refractivity contribution in [3.8, 4) is 23.3 Å². The van der Waals surface area contributed by atoms with Gasteiger partial charge < -0.3 is 19.5 Å². The first kappa shape index (κ1) is 20.0. The summed E-state index contributed by atoms with van der Waals surface area (Å²) in [6.45, 7) is 0. The molecular weight excluding hydrogens is 351 g/mol. The predicted octanol–water partition coefficient (Wildman–Crippen LogP) is 3.17. The van der Waals surface area contributed by atoms with Crippen molar-refractivity contribution < 1.29 is 23.4 Å². The highest BCUT2D eigenvalue weighted by Gasteiger charge is 2.20. The molecule has 2 rings (SSSR count). The predicted molar refractivity (Wildman–Crippen MR) is 97.3 cm³/mol. The molecule has 2 aromatic carbocycles. The van der Waals surface area contributed by atoms with Crippen molar-refractivity contribution in [3.63, 3.8) is 0 Å². The number of ether oxygens (including phenoxy) is 3. The van der Waals surface area contributed by atoms with Crippen molar-refractivity contribution in [1.29, 1.82) is 5.26 Å². The third-order valence-corrected chi connectivity index (χ3v) is 4.03. The van der Waals surface area contributed by atoms with Crippen LogP contribution in [0.3, 0.4) is 0 Å². The fourth-order valence-electron chi connectivity index (χ4n) is 2.64. The van der Waals surface area contributed by atoms with Crippen LogP contribution >= 0.6 is 0 Å². The third-order valence-electron chi connectivity index (χ3n) is 4.03. The number of nitrogens with one attached hydrogen (secondary N) is 1. The number of hydrogen-bond acceptors (Lipinski definition) is 5. The molecule has 1 atom stereocenters. The minimum atomic E-state index is -0.910. The van der Waals surface area contributed by atoms with E-state index in [2.05, 4.69) is 5.32 Å². The summed E-state index contributed by atoms with van der Waals surface area (Å²) in [5, 5.41) is 12.1. The minimum absolute atomic E-state index is 0.0591. The van der Waals surface area contributed by atoms with Crippen LogP contribution in [0.5, 0.6) is 17.2 Å². The van der Waals surface area contributed by atoms with Crippen molar-refractivity contribution >= 4 is 5.91 Å². The fraction of sp³-hybridized carbons (Fsp3) is 0.300. The van der Waals surface area contributed by atoms with E-state index in [1.807, 2.05) is 6.07 Å². The Hall–Kier alpha value is -3.27. The van der Waals surface area contributed by atoms with Crippen LogP contribution in [0.15, 0.2) is 36.4 Å². The Morgan fingerprint density at radius 1 is 1.15 bits per heavy atom. The second kappa shape index (κ2) is 9.43. The highest BCUT2D eigenvalue weighted by Crippen LogP contribution is 2.39. The molecule has 6 nitrogen and oxygen atoms in total. The van der Waals surface area contributed by atoms with Crippen LogP contribution in [0.25, 0.3) is 0 Å². The summed E-state index contributed by atoms with van der Waals surface area (Å²) in [7, 11) is 4.41. The second-order valence-electron chi connectivity index (χ2n) is 5.68. The van der Waals surface area contributed by atoms with Crippen molar-refractivity contribution in [2.75, 3.05) is 21.3 Å². The van der Waals surface area contributed by atoms with Crippen molar-refractivity contribution in [2.45, 2.75) is 18.9 Å². The van der Waals surface area contributed by atoms with Crippen molar-refractivity contribution in [1.82, 2.24) is 5.32 Å². The van der Waals surface area contributed by atoms with Crippen LogP contribution in [-0.2, 0) is 11.2 Å². The average molecular weight is 372 g/mol. The zero-order valence-electron chi connectivity index (χ0n) is 15.4. The zero-order valence-corrected chi connectivity index (χ0v) is 15.4. The molecule has 0 aliphatic rings. The number of halogens is 1. The first-order valence-corrected chi connectivity index (χ1v) is 8.26. The molecule has 0 aromatic heterocycles. The molecule has 0 aliphatic carbocycles. The molecule has 142 valence electrons. The van der Waals surface area contributed by atoms with Gasteiger partial charge in [0.05, 0.1) is 27.4 Å². The van der Waals surface area contributed by atoms with Gasteiger partial charge in [-0.3, -0.25) is 4.79 Å². The molecule has 0 radical (unpaired) electrons. The van der Waals surface area contributed by atoms with Gasteiger partial charge in [0.25, 0.3) is 0 Å². The molecule has 2 aromatic rings. The fourth-order valence-corrected chi connectivity index (χ4v) is 2.64. The summed E-state index contributed by atoms with van der Waals surface area (Å²) < 4.78 is 29.4. The number of rotatable bonds is 8. The lowest BCUT2D eigenvalue weighted by Gasteiger charge is -2.17. The number of amides is 1. The van der Waals surface area contributed by atoms with Gasteiger partial charge in [-0.2, -0.15) is 5.26 Å². The maximum absolute atomic E-state index is 13.6. The lowest BCUT2D eigenvalue weighted by atomic mass is 10.1. The van der Waals surface area contributed by atoms with E-state index in [-0.39, 0.29) is 24.6 Å². The molecular formula is C20H21FN2O4. The number of hydrogen-bond donors (Lipinski definition) is 1. The molecule has 0 spiro atoms. The van der Waals surface area contributed by atoms with Gasteiger partial charge in [-0.05, 0) is 35.7 Å². The smallest absolute Gasteiger partial charge is 0.221 e. The molecule has 27 heavy (non-hydrogen) atoms.